The molecule has 0 fully saturated rings. The van der Waals surface area contributed by atoms with Crippen LogP contribution in [0.3, 0.4) is 0 Å². The lowest BCUT2D eigenvalue weighted by Crippen LogP contribution is -2.23. The standard InChI is InChI=1S/C25H21ClFN3O5/c1-4-20(31)35-23-16(28-24(32)21-14(26)8-5-9-15(21)27)10-6-12-18(23)30-22-17(29(2)25(30)33)11-7-13-19(22)34-3/h5-13H,4H2,1-3H3,(H,28,32). The highest BCUT2D eigenvalue weighted by Gasteiger charge is 2.24. The van der Waals surface area contributed by atoms with Gasteiger partial charge in [0.2, 0.25) is 0 Å². The van der Waals surface area contributed by atoms with Crippen LogP contribution in [-0.2, 0) is 11.8 Å². The quantitative estimate of drug-likeness (QED) is 0.308. The Morgan fingerprint density at radius 1 is 1.09 bits per heavy atom. The molecule has 180 valence electrons. The molecular formula is C25H21ClFN3O5. The Bertz CT molecular complexity index is 1510. The van der Waals surface area contributed by atoms with E-state index in [1.54, 1.807) is 44.3 Å². The maximum absolute atomic E-state index is 14.3. The van der Waals surface area contributed by atoms with Crippen LogP contribution in [0.25, 0.3) is 16.7 Å². The number of nitrogens with zero attached hydrogens (tertiary/aromatic N) is 2. The van der Waals surface area contributed by atoms with Gasteiger partial charge >= 0.3 is 11.7 Å². The summed E-state index contributed by atoms with van der Waals surface area (Å²) in [5.74, 6) is -1.92. The van der Waals surface area contributed by atoms with E-state index in [1.807, 2.05) is 0 Å². The number of methoxy groups -OCH3 is 1. The summed E-state index contributed by atoms with van der Waals surface area (Å²) in [4.78, 5) is 38.5. The van der Waals surface area contributed by atoms with E-state index in [1.165, 1.54) is 34.4 Å². The van der Waals surface area contributed by atoms with Crippen molar-refractivity contribution in [3.05, 3.63) is 81.5 Å². The van der Waals surface area contributed by atoms with Crippen LogP contribution in [0, 0.1) is 5.82 Å². The van der Waals surface area contributed by atoms with Crippen molar-refractivity contribution >= 4 is 40.2 Å². The first-order valence-corrected chi connectivity index (χ1v) is 11.0. The van der Waals surface area contributed by atoms with Crippen molar-refractivity contribution in [2.45, 2.75) is 13.3 Å². The van der Waals surface area contributed by atoms with Crippen molar-refractivity contribution in [3.8, 4) is 17.2 Å². The van der Waals surface area contributed by atoms with E-state index in [2.05, 4.69) is 5.32 Å². The molecule has 0 saturated carbocycles. The fourth-order valence-corrected chi connectivity index (χ4v) is 3.98. The number of rotatable bonds is 6. The number of para-hydroxylation sites is 2. The molecule has 0 atom stereocenters. The number of carbonyl (C=O) groups excluding carboxylic acids is 2. The van der Waals surface area contributed by atoms with Crippen molar-refractivity contribution < 1.29 is 23.5 Å². The first kappa shape index (κ1) is 24.0. The van der Waals surface area contributed by atoms with E-state index < -0.39 is 23.4 Å². The molecule has 4 aromatic rings. The number of benzene rings is 3. The van der Waals surface area contributed by atoms with Gasteiger partial charge in [0, 0.05) is 13.5 Å². The molecule has 0 radical (unpaired) electrons. The number of fused-ring (bicyclic) bond motifs is 1. The van der Waals surface area contributed by atoms with E-state index >= 15 is 0 Å². The summed E-state index contributed by atoms with van der Waals surface area (Å²) in [5.41, 5.74) is 0.457. The SMILES string of the molecule is CCC(=O)Oc1c(NC(=O)c2c(F)cccc2Cl)cccc1-n1c(=O)n(C)c2cccc(OC)c21. The third-order valence-corrected chi connectivity index (χ3v) is 5.75. The second-order valence-electron chi connectivity index (χ2n) is 7.54. The van der Waals surface area contributed by atoms with Crippen LogP contribution in [0.1, 0.15) is 23.7 Å². The van der Waals surface area contributed by atoms with Crippen LogP contribution in [0.5, 0.6) is 11.5 Å². The molecule has 0 spiro atoms. The monoisotopic (exact) mass is 497 g/mol. The normalized spacial score (nSPS) is 10.9. The average Bonchev–Trinajstić information content (AvgIpc) is 3.10. The maximum Gasteiger partial charge on any atom is 0.333 e. The van der Waals surface area contributed by atoms with Crippen molar-refractivity contribution in [1.29, 1.82) is 0 Å². The van der Waals surface area contributed by atoms with E-state index in [0.29, 0.717) is 16.8 Å². The zero-order chi connectivity index (χ0) is 25.3. The molecule has 0 bridgehead atoms. The molecule has 1 heterocycles. The summed E-state index contributed by atoms with van der Waals surface area (Å²) in [6.07, 6.45) is 0.0363. The highest BCUT2D eigenvalue weighted by molar-refractivity contribution is 6.34. The van der Waals surface area contributed by atoms with Gasteiger partial charge in [-0.3, -0.25) is 18.7 Å². The molecule has 1 N–H and O–H groups in total. The molecule has 0 saturated heterocycles. The molecule has 0 unspecified atom stereocenters. The number of hydrogen-bond donors (Lipinski definition) is 1. The van der Waals surface area contributed by atoms with Gasteiger partial charge in [0.15, 0.2) is 5.75 Å². The van der Waals surface area contributed by atoms with Gasteiger partial charge in [-0.1, -0.05) is 36.7 Å². The summed E-state index contributed by atoms with van der Waals surface area (Å²) in [5, 5.41) is 2.47. The molecule has 35 heavy (non-hydrogen) atoms. The minimum Gasteiger partial charge on any atom is -0.494 e. The van der Waals surface area contributed by atoms with Gasteiger partial charge in [-0.2, -0.15) is 0 Å². The van der Waals surface area contributed by atoms with Crippen LogP contribution in [0.4, 0.5) is 10.1 Å². The van der Waals surface area contributed by atoms with E-state index in [-0.39, 0.29) is 34.1 Å². The fourth-order valence-electron chi connectivity index (χ4n) is 3.74. The minimum atomic E-state index is -0.845. The maximum atomic E-state index is 14.3. The van der Waals surface area contributed by atoms with E-state index in [4.69, 9.17) is 21.1 Å². The zero-order valence-corrected chi connectivity index (χ0v) is 19.9. The van der Waals surface area contributed by atoms with Crippen LogP contribution >= 0.6 is 11.6 Å². The predicted molar refractivity (Wildman–Crippen MR) is 130 cm³/mol. The molecule has 10 heteroatoms. The molecule has 4 rings (SSSR count). The van der Waals surface area contributed by atoms with E-state index in [0.717, 1.165) is 6.07 Å². The Morgan fingerprint density at radius 3 is 2.49 bits per heavy atom. The summed E-state index contributed by atoms with van der Waals surface area (Å²) in [6.45, 7) is 1.61. The third kappa shape index (κ3) is 4.26. The largest absolute Gasteiger partial charge is 0.494 e. The van der Waals surface area contributed by atoms with Gasteiger partial charge < -0.3 is 14.8 Å². The Balaban J connectivity index is 1.95. The summed E-state index contributed by atoms with van der Waals surface area (Å²) in [6, 6.07) is 13.7. The number of imidazole rings is 1. The van der Waals surface area contributed by atoms with Gasteiger partial charge in [-0.25, -0.2) is 9.18 Å². The van der Waals surface area contributed by atoms with Crippen LogP contribution < -0.4 is 20.5 Å². The van der Waals surface area contributed by atoms with Crippen molar-refractivity contribution in [3.63, 3.8) is 0 Å². The number of anilines is 1. The van der Waals surface area contributed by atoms with Crippen molar-refractivity contribution in [1.82, 2.24) is 9.13 Å². The first-order chi connectivity index (χ1) is 16.8. The number of carbonyl (C=O) groups is 2. The summed E-state index contributed by atoms with van der Waals surface area (Å²) < 4.78 is 28.1. The topological polar surface area (TPSA) is 91.6 Å². The molecule has 0 aliphatic rings. The third-order valence-electron chi connectivity index (χ3n) is 5.44. The second-order valence-corrected chi connectivity index (χ2v) is 7.94. The highest BCUT2D eigenvalue weighted by atomic mass is 35.5. The average molecular weight is 498 g/mol. The molecule has 0 aliphatic carbocycles. The molecule has 1 aromatic heterocycles. The minimum absolute atomic E-state index is 0.0363. The van der Waals surface area contributed by atoms with Gasteiger partial charge in [-0.15, -0.1) is 0 Å². The van der Waals surface area contributed by atoms with Crippen molar-refractivity contribution in [2.75, 3.05) is 12.4 Å². The molecule has 1 amide bonds. The number of ether oxygens (including phenoxy) is 2. The lowest BCUT2D eigenvalue weighted by molar-refractivity contribution is -0.133. The number of aromatic nitrogens is 2. The fraction of sp³-hybridized carbons (Fsp3) is 0.160. The van der Waals surface area contributed by atoms with Gasteiger partial charge in [0.1, 0.15) is 17.1 Å². The molecule has 3 aromatic carbocycles. The first-order valence-electron chi connectivity index (χ1n) is 10.6. The number of nitrogens with one attached hydrogen (secondary N) is 1. The number of hydrogen-bond acceptors (Lipinski definition) is 5. The zero-order valence-electron chi connectivity index (χ0n) is 19.1. The molecular weight excluding hydrogens is 477 g/mol. The highest BCUT2D eigenvalue weighted by Crippen LogP contribution is 2.36. The molecule has 0 aliphatic heterocycles. The number of halogens is 2. The summed E-state index contributed by atoms with van der Waals surface area (Å²) in [7, 11) is 3.08. The Hall–Kier alpha value is -4.11. The van der Waals surface area contributed by atoms with Crippen molar-refractivity contribution in [2.24, 2.45) is 7.05 Å². The summed E-state index contributed by atoms with van der Waals surface area (Å²) >= 11 is 6.04. The number of esters is 1. The predicted octanol–water partition coefficient (Wildman–Crippen LogP) is 4.70. The van der Waals surface area contributed by atoms with Crippen LogP contribution in [-0.4, -0.2) is 28.1 Å². The number of aryl methyl sites for hydroxylation is 1. The van der Waals surface area contributed by atoms with Gasteiger partial charge in [0.25, 0.3) is 5.91 Å². The van der Waals surface area contributed by atoms with Crippen LogP contribution in [0.15, 0.2) is 59.4 Å². The Kier molecular flexibility index (Phi) is 6.61. The lowest BCUT2D eigenvalue weighted by Gasteiger charge is -2.17. The van der Waals surface area contributed by atoms with Gasteiger partial charge in [0.05, 0.1) is 34.6 Å². The van der Waals surface area contributed by atoms with Crippen LogP contribution in [0.2, 0.25) is 5.02 Å². The Morgan fingerprint density at radius 2 is 1.80 bits per heavy atom. The molecule has 8 nitrogen and oxygen atoms in total. The second kappa shape index (κ2) is 9.63. The smallest absolute Gasteiger partial charge is 0.333 e. The Labute approximate surface area is 204 Å². The van der Waals surface area contributed by atoms with E-state index in [9.17, 15) is 18.8 Å². The lowest BCUT2D eigenvalue weighted by atomic mass is 10.1. The number of amides is 1. The van der Waals surface area contributed by atoms with Gasteiger partial charge in [-0.05, 0) is 36.4 Å².